The largest absolute Gasteiger partial charge is 0.481 e. The fourth-order valence-electron chi connectivity index (χ4n) is 3.86. The Labute approximate surface area is 170 Å². The second kappa shape index (κ2) is 7.65. The number of aryl methyl sites for hydroxylation is 1. The molecular weight excluding hydrogens is 388 g/mol. The van der Waals surface area contributed by atoms with Crippen LogP contribution in [0.3, 0.4) is 0 Å². The molecule has 2 aromatic carbocycles. The van der Waals surface area contributed by atoms with Gasteiger partial charge in [-0.15, -0.1) is 0 Å². The summed E-state index contributed by atoms with van der Waals surface area (Å²) in [6.07, 6.45) is 2.67. The minimum absolute atomic E-state index is 0.242. The molecule has 152 valence electrons. The second-order valence-corrected chi connectivity index (χ2v) is 9.60. The molecule has 1 N–H and O–H groups in total. The summed E-state index contributed by atoms with van der Waals surface area (Å²) in [6.45, 7) is 3.26. The quantitative estimate of drug-likeness (QED) is 0.696. The van der Waals surface area contributed by atoms with Gasteiger partial charge in [-0.2, -0.15) is 4.31 Å². The van der Waals surface area contributed by atoms with Gasteiger partial charge in [-0.3, -0.25) is 4.79 Å². The Balaban J connectivity index is 1.56. The van der Waals surface area contributed by atoms with Crippen molar-refractivity contribution in [2.24, 2.45) is 5.92 Å². The molecular formula is C22H24N2O4S. The summed E-state index contributed by atoms with van der Waals surface area (Å²) in [7, 11) is -3.63. The number of nitrogens with zero attached hydrogens (tertiary/aromatic N) is 2. The highest BCUT2D eigenvalue weighted by atomic mass is 32.2. The third kappa shape index (κ3) is 3.93. The number of sulfonamides is 1. The molecule has 4 rings (SSSR count). The van der Waals surface area contributed by atoms with Gasteiger partial charge in [0.05, 0.1) is 10.8 Å². The van der Waals surface area contributed by atoms with E-state index >= 15 is 0 Å². The van der Waals surface area contributed by atoms with Gasteiger partial charge in [-0.1, -0.05) is 29.8 Å². The summed E-state index contributed by atoms with van der Waals surface area (Å²) in [6, 6.07) is 15.5. The standard InChI is InChI=1S/C22H24N2O4S/c1-16-2-4-17(5-3-16)15-23-11-8-19-14-20(6-7-21(19)23)29(27,28)24-12-9-18(10-13-24)22(25)26/h2-8,11,14,18H,9-10,12-13,15H2,1H3,(H,25,26). The summed E-state index contributed by atoms with van der Waals surface area (Å²) in [5, 5.41) is 9.99. The molecule has 0 atom stereocenters. The normalized spacial score (nSPS) is 16.3. The molecule has 0 aliphatic carbocycles. The van der Waals surface area contributed by atoms with E-state index in [0.29, 0.717) is 12.8 Å². The predicted octanol–water partition coefficient (Wildman–Crippen LogP) is 3.48. The number of aromatic nitrogens is 1. The molecule has 0 spiro atoms. The van der Waals surface area contributed by atoms with E-state index in [9.17, 15) is 13.2 Å². The van der Waals surface area contributed by atoms with Crippen LogP contribution in [-0.4, -0.2) is 41.5 Å². The SMILES string of the molecule is Cc1ccc(Cn2ccc3cc(S(=O)(=O)N4CCC(C(=O)O)CC4)ccc32)cc1. The number of carbonyl (C=O) groups is 1. The minimum atomic E-state index is -3.63. The van der Waals surface area contributed by atoms with Crippen molar-refractivity contribution in [2.45, 2.75) is 31.2 Å². The molecule has 0 unspecified atom stereocenters. The van der Waals surface area contributed by atoms with Gasteiger partial charge >= 0.3 is 5.97 Å². The van der Waals surface area contributed by atoms with Crippen LogP contribution in [0.5, 0.6) is 0 Å². The zero-order chi connectivity index (χ0) is 20.6. The van der Waals surface area contributed by atoms with Crippen LogP contribution in [-0.2, 0) is 21.4 Å². The molecule has 1 aliphatic rings. The Morgan fingerprint density at radius 3 is 2.41 bits per heavy atom. The summed E-state index contributed by atoms with van der Waals surface area (Å²) >= 11 is 0. The van der Waals surface area contributed by atoms with Crippen LogP contribution in [0.15, 0.2) is 59.6 Å². The van der Waals surface area contributed by atoms with Crippen molar-refractivity contribution in [3.63, 3.8) is 0 Å². The van der Waals surface area contributed by atoms with Gasteiger partial charge in [0.2, 0.25) is 10.0 Å². The van der Waals surface area contributed by atoms with E-state index in [1.54, 1.807) is 12.1 Å². The number of carboxylic acid groups (broad SMARTS) is 1. The van der Waals surface area contributed by atoms with Gasteiger partial charge in [0.25, 0.3) is 0 Å². The highest BCUT2D eigenvalue weighted by molar-refractivity contribution is 7.89. The molecule has 0 radical (unpaired) electrons. The highest BCUT2D eigenvalue weighted by Crippen LogP contribution is 2.27. The van der Waals surface area contributed by atoms with Crippen molar-refractivity contribution < 1.29 is 18.3 Å². The first-order chi connectivity index (χ1) is 13.8. The van der Waals surface area contributed by atoms with Gasteiger partial charge in [0.1, 0.15) is 0 Å². The van der Waals surface area contributed by atoms with Crippen LogP contribution >= 0.6 is 0 Å². The Kier molecular flexibility index (Phi) is 5.19. The Hall–Kier alpha value is -2.64. The van der Waals surface area contributed by atoms with E-state index in [4.69, 9.17) is 5.11 Å². The molecule has 1 fully saturated rings. The van der Waals surface area contributed by atoms with Gasteiger partial charge in [0.15, 0.2) is 0 Å². The van der Waals surface area contributed by atoms with E-state index < -0.39 is 21.9 Å². The van der Waals surface area contributed by atoms with E-state index in [2.05, 4.69) is 35.8 Å². The van der Waals surface area contributed by atoms with Crippen LogP contribution in [0, 0.1) is 12.8 Å². The smallest absolute Gasteiger partial charge is 0.306 e. The molecule has 7 heteroatoms. The van der Waals surface area contributed by atoms with Crippen molar-refractivity contribution >= 4 is 26.9 Å². The highest BCUT2D eigenvalue weighted by Gasteiger charge is 2.32. The molecule has 1 saturated heterocycles. The first-order valence-electron chi connectivity index (χ1n) is 9.72. The molecule has 1 aliphatic heterocycles. The number of aliphatic carboxylic acids is 1. The van der Waals surface area contributed by atoms with E-state index in [0.717, 1.165) is 17.4 Å². The molecule has 0 bridgehead atoms. The Morgan fingerprint density at radius 2 is 1.76 bits per heavy atom. The number of fused-ring (bicyclic) bond motifs is 1. The summed E-state index contributed by atoms with van der Waals surface area (Å²) < 4.78 is 29.5. The molecule has 3 aromatic rings. The predicted molar refractivity (Wildman–Crippen MR) is 111 cm³/mol. The monoisotopic (exact) mass is 412 g/mol. The third-order valence-corrected chi connectivity index (χ3v) is 7.55. The van der Waals surface area contributed by atoms with Crippen LogP contribution in [0.4, 0.5) is 0 Å². The van der Waals surface area contributed by atoms with Gasteiger partial charge < -0.3 is 9.67 Å². The zero-order valence-electron chi connectivity index (χ0n) is 16.3. The minimum Gasteiger partial charge on any atom is -0.481 e. The van der Waals surface area contributed by atoms with Crippen molar-refractivity contribution in [3.8, 4) is 0 Å². The second-order valence-electron chi connectivity index (χ2n) is 7.67. The molecule has 2 heterocycles. The first kappa shape index (κ1) is 19.7. The third-order valence-electron chi connectivity index (χ3n) is 5.66. The molecule has 0 saturated carbocycles. The van der Waals surface area contributed by atoms with Crippen molar-refractivity contribution in [1.82, 2.24) is 8.87 Å². The fraction of sp³-hybridized carbons (Fsp3) is 0.318. The van der Waals surface area contributed by atoms with Gasteiger partial charge in [-0.25, -0.2) is 8.42 Å². The molecule has 1 aromatic heterocycles. The number of rotatable bonds is 5. The summed E-state index contributed by atoms with van der Waals surface area (Å²) in [5.41, 5.74) is 3.38. The lowest BCUT2D eigenvalue weighted by Gasteiger charge is -2.29. The number of piperidine rings is 1. The Bertz CT molecular complexity index is 1140. The summed E-state index contributed by atoms with van der Waals surface area (Å²) in [5.74, 6) is -1.31. The van der Waals surface area contributed by atoms with Crippen molar-refractivity contribution in [1.29, 1.82) is 0 Å². The van der Waals surface area contributed by atoms with Crippen molar-refractivity contribution in [2.75, 3.05) is 13.1 Å². The number of hydrogen-bond acceptors (Lipinski definition) is 3. The van der Waals surface area contributed by atoms with E-state index in [1.807, 2.05) is 18.3 Å². The lowest BCUT2D eigenvalue weighted by Crippen LogP contribution is -2.40. The van der Waals surface area contributed by atoms with Crippen LogP contribution in [0.25, 0.3) is 10.9 Å². The average Bonchev–Trinajstić information content (AvgIpc) is 3.12. The lowest BCUT2D eigenvalue weighted by molar-refractivity contribution is -0.142. The van der Waals surface area contributed by atoms with Crippen LogP contribution < -0.4 is 0 Å². The maximum absolute atomic E-state index is 13.0. The Morgan fingerprint density at radius 1 is 1.07 bits per heavy atom. The number of benzene rings is 2. The van der Waals surface area contributed by atoms with Crippen molar-refractivity contribution in [3.05, 3.63) is 65.9 Å². The molecule has 6 nitrogen and oxygen atoms in total. The first-order valence-corrected chi connectivity index (χ1v) is 11.2. The fourth-order valence-corrected chi connectivity index (χ4v) is 5.36. The van der Waals surface area contributed by atoms with Gasteiger partial charge in [0, 0.05) is 36.7 Å². The summed E-state index contributed by atoms with van der Waals surface area (Å²) in [4.78, 5) is 11.4. The van der Waals surface area contributed by atoms with E-state index in [-0.39, 0.29) is 18.0 Å². The van der Waals surface area contributed by atoms with Crippen LogP contribution in [0.2, 0.25) is 0 Å². The number of carboxylic acids is 1. The topological polar surface area (TPSA) is 79.6 Å². The molecule has 0 amide bonds. The zero-order valence-corrected chi connectivity index (χ0v) is 17.1. The maximum atomic E-state index is 13.0. The molecule has 29 heavy (non-hydrogen) atoms. The maximum Gasteiger partial charge on any atom is 0.306 e. The lowest BCUT2D eigenvalue weighted by atomic mass is 9.99. The average molecular weight is 413 g/mol. The van der Waals surface area contributed by atoms with E-state index in [1.165, 1.54) is 15.4 Å². The van der Waals surface area contributed by atoms with Crippen LogP contribution in [0.1, 0.15) is 24.0 Å². The number of hydrogen-bond donors (Lipinski definition) is 1. The van der Waals surface area contributed by atoms with Gasteiger partial charge in [-0.05, 0) is 49.6 Å².